The zero-order valence-corrected chi connectivity index (χ0v) is 13.6. The molecule has 0 N–H and O–H groups in total. The van der Waals surface area contributed by atoms with Crippen LogP contribution in [0.15, 0.2) is 12.2 Å². The Balaban J connectivity index is 2.02. The summed E-state index contributed by atoms with van der Waals surface area (Å²) in [7, 11) is 0. The van der Waals surface area contributed by atoms with E-state index in [9.17, 15) is 4.79 Å². The molecular formula is C18H32O2. The van der Waals surface area contributed by atoms with E-state index in [0.29, 0.717) is 12.2 Å². The molecule has 0 aliphatic heterocycles. The molecule has 0 spiro atoms. The van der Waals surface area contributed by atoms with E-state index in [-0.39, 0.29) is 5.97 Å². The Bertz CT molecular complexity index is 299. The number of unbranched alkanes of at least 4 members (excludes halogenated alkanes) is 1. The average molecular weight is 280 g/mol. The highest BCUT2D eigenvalue weighted by Crippen LogP contribution is 2.34. The molecule has 1 saturated carbocycles. The molecule has 0 amide bonds. The topological polar surface area (TPSA) is 26.3 Å². The van der Waals surface area contributed by atoms with E-state index in [0.717, 1.165) is 24.2 Å². The predicted molar refractivity (Wildman–Crippen MR) is 84.5 cm³/mol. The van der Waals surface area contributed by atoms with Crippen molar-refractivity contribution < 1.29 is 9.53 Å². The zero-order chi connectivity index (χ0) is 15.0. The van der Waals surface area contributed by atoms with Crippen molar-refractivity contribution in [3.05, 3.63) is 12.2 Å². The van der Waals surface area contributed by atoms with Crippen LogP contribution in [0.25, 0.3) is 0 Å². The number of carbonyl (C=O) groups excluding carboxylic acids is 1. The minimum Gasteiger partial charge on any atom is -0.462 e. The summed E-state index contributed by atoms with van der Waals surface area (Å²) >= 11 is 0. The van der Waals surface area contributed by atoms with Gasteiger partial charge in [0.15, 0.2) is 0 Å². The third kappa shape index (κ3) is 7.12. The molecule has 0 aromatic carbocycles. The van der Waals surface area contributed by atoms with Crippen molar-refractivity contribution in [2.75, 3.05) is 6.61 Å². The summed E-state index contributed by atoms with van der Waals surface area (Å²) in [5.41, 5.74) is 0.494. The summed E-state index contributed by atoms with van der Waals surface area (Å²) in [6, 6.07) is 0. The van der Waals surface area contributed by atoms with E-state index >= 15 is 0 Å². The zero-order valence-electron chi connectivity index (χ0n) is 13.6. The number of hydrogen-bond donors (Lipinski definition) is 0. The summed E-state index contributed by atoms with van der Waals surface area (Å²) in [5, 5.41) is 0. The third-order valence-corrected chi connectivity index (χ3v) is 4.36. The Hall–Kier alpha value is -0.790. The maximum atomic E-state index is 11.2. The van der Waals surface area contributed by atoms with Crippen LogP contribution in [-0.2, 0) is 9.53 Å². The van der Waals surface area contributed by atoms with Gasteiger partial charge < -0.3 is 4.74 Å². The van der Waals surface area contributed by atoms with E-state index in [2.05, 4.69) is 20.4 Å². The fourth-order valence-corrected chi connectivity index (χ4v) is 3.25. The Kier molecular flexibility index (Phi) is 7.94. The molecule has 0 atom stereocenters. The molecule has 1 rings (SSSR count). The molecule has 0 unspecified atom stereocenters. The largest absolute Gasteiger partial charge is 0.462 e. The first kappa shape index (κ1) is 17.3. The summed E-state index contributed by atoms with van der Waals surface area (Å²) in [6.07, 6.45) is 10.5. The van der Waals surface area contributed by atoms with Crippen LogP contribution >= 0.6 is 0 Å². The van der Waals surface area contributed by atoms with Crippen molar-refractivity contribution >= 4 is 5.97 Å². The van der Waals surface area contributed by atoms with E-state index in [4.69, 9.17) is 4.74 Å². The van der Waals surface area contributed by atoms with Crippen LogP contribution in [0, 0.1) is 17.8 Å². The first-order valence-corrected chi connectivity index (χ1v) is 8.31. The molecule has 20 heavy (non-hydrogen) atoms. The van der Waals surface area contributed by atoms with Crippen molar-refractivity contribution in [3.8, 4) is 0 Å². The minimum atomic E-state index is -0.251. The lowest BCUT2D eigenvalue weighted by Gasteiger charge is -2.29. The van der Waals surface area contributed by atoms with E-state index in [1.807, 2.05) is 0 Å². The van der Waals surface area contributed by atoms with Crippen LogP contribution in [0.5, 0.6) is 0 Å². The van der Waals surface area contributed by atoms with Gasteiger partial charge in [-0.3, -0.25) is 0 Å². The molecule has 0 aromatic rings. The molecule has 0 bridgehead atoms. The monoisotopic (exact) mass is 280 g/mol. The number of hydrogen-bond acceptors (Lipinski definition) is 2. The molecule has 2 heteroatoms. The normalized spacial score (nSPS) is 22.8. The standard InChI is InChI=1S/C18H32O2/c1-14(2)13-17-10-8-16(9-11-17)7-5-6-12-20-18(19)15(3)4/h14,16-17H,3,5-13H2,1-2,4H3. The van der Waals surface area contributed by atoms with Crippen LogP contribution < -0.4 is 0 Å². The predicted octanol–water partition coefficient (Wildman–Crippen LogP) is 5.13. The van der Waals surface area contributed by atoms with Crippen LogP contribution in [0.3, 0.4) is 0 Å². The summed E-state index contributed by atoms with van der Waals surface area (Å²) < 4.78 is 5.12. The van der Waals surface area contributed by atoms with Crippen molar-refractivity contribution in [2.24, 2.45) is 17.8 Å². The fraction of sp³-hybridized carbons (Fsp3) is 0.833. The van der Waals surface area contributed by atoms with Gasteiger partial charge in [0.1, 0.15) is 0 Å². The van der Waals surface area contributed by atoms with Crippen LogP contribution in [0.1, 0.15) is 72.1 Å². The molecule has 1 aliphatic carbocycles. The number of ether oxygens (including phenoxy) is 1. The third-order valence-electron chi connectivity index (χ3n) is 4.36. The van der Waals surface area contributed by atoms with Gasteiger partial charge in [0.05, 0.1) is 6.61 Å². The van der Waals surface area contributed by atoms with Crippen LogP contribution in [0.4, 0.5) is 0 Å². The first-order valence-electron chi connectivity index (χ1n) is 8.31. The van der Waals surface area contributed by atoms with Gasteiger partial charge in [0.2, 0.25) is 0 Å². The summed E-state index contributed by atoms with van der Waals surface area (Å²) in [5.74, 6) is 2.48. The molecule has 0 saturated heterocycles. The number of carbonyl (C=O) groups is 1. The Morgan fingerprint density at radius 2 is 1.75 bits per heavy atom. The second-order valence-electron chi connectivity index (χ2n) is 6.93. The van der Waals surface area contributed by atoms with Crippen LogP contribution in [0.2, 0.25) is 0 Å². The lowest BCUT2D eigenvalue weighted by atomic mass is 9.77. The highest BCUT2D eigenvalue weighted by atomic mass is 16.5. The van der Waals surface area contributed by atoms with E-state index in [1.165, 1.54) is 44.9 Å². The van der Waals surface area contributed by atoms with E-state index in [1.54, 1.807) is 6.92 Å². The maximum Gasteiger partial charge on any atom is 0.333 e. The van der Waals surface area contributed by atoms with Crippen molar-refractivity contribution in [1.82, 2.24) is 0 Å². The molecule has 116 valence electrons. The number of rotatable bonds is 8. The smallest absolute Gasteiger partial charge is 0.333 e. The second-order valence-corrected chi connectivity index (χ2v) is 6.93. The summed E-state index contributed by atoms with van der Waals surface area (Å²) in [4.78, 5) is 11.2. The van der Waals surface area contributed by atoms with Gasteiger partial charge in [-0.25, -0.2) is 4.79 Å². The molecule has 1 fully saturated rings. The van der Waals surface area contributed by atoms with E-state index < -0.39 is 0 Å². The molecule has 0 heterocycles. The lowest BCUT2D eigenvalue weighted by molar-refractivity contribution is -0.139. The number of esters is 1. The first-order chi connectivity index (χ1) is 9.49. The molecule has 0 radical (unpaired) electrons. The highest BCUT2D eigenvalue weighted by molar-refractivity contribution is 5.86. The van der Waals surface area contributed by atoms with Gasteiger partial charge in [0.25, 0.3) is 0 Å². The Labute approximate surface area is 125 Å². The highest BCUT2D eigenvalue weighted by Gasteiger charge is 2.21. The SMILES string of the molecule is C=C(C)C(=O)OCCCCC1CCC(CC(C)C)CC1. The molecular weight excluding hydrogens is 248 g/mol. The van der Waals surface area contributed by atoms with Gasteiger partial charge in [-0.05, 0) is 43.9 Å². The van der Waals surface area contributed by atoms with Gasteiger partial charge in [-0.2, -0.15) is 0 Å². The van der Waals surface area contributed by atoms with Crippen molar-refractivity contribution in [3.63, 3.8) is 0 Å². The molecule has 1 aliphatic rings. The van der Waals surface area contributed by atoms with Gasteiger partial charge in [-0.1, -0.05) is 52.5 Å². The summed E-state index contributed by atoms with van der Waals surface area (Å²) in [6.45, 7) is 10.5. The maximum absolute atomic E-state index is 11.2. The van der Waals surface area contributed by atoms with Gasteiger partial charge >= 0.3 is 5.97 Å². The van der Waals surface area contributed by atoms with Crippen LogP contribution in [-0.4, -0.2) is 12.6 Å². The minimum absolute atomic E-state index is 0.251. The molecule has 2 nitrogen and oxygen atoms in total. The molecule has 0 aromatic heterocycles. The second kappa shape index (κ2) is 9.20. The quantitative estimate of drug-likeness (QED) is 0.350. The average Bonchev–Trinajstić information content (AvgIpc) is 2.39. The van der Waals surface area contributed by atoms with Gasteiger partial charge in [-0.15, -0.1) is 0 Å². The van der Waals surface area contributed by atoms with Crippen molar-refractivity contribution in [1.29, 1.82) is 0 Å². The Morgan fingerprint density at radius 3 is 2.30 bits per heavy atom. The van der Waals surface area contributed by atoms with Crippen molar-refractivity contribution in [2.45, 2.75) is 72.1 Å². The fourth-order valence-electron chi connectivity index (χ4n) is 3.25. The van der Waals surface area contributed by atoms with Gasteiger partial charge in [0, 0.05) is 5.57 Å². The lowest BCUT2D eigenvalue weighted by Crippen LogP contribution is -2.16. The Morgan fingerprint density at radius 1 is 1.15 bits per heavy atom.